The molecular weight excluding hydrogens is 338 g/mol. The molecule has 0 radical (unpaired) electrons. The van der Waals surface area contributed by atoms with Crippen LogP contribution >= 0.6 is 12.6 Å². The van der Waals surface area contributed by atoms with Gasteiger partial charge in [-0.15, -0.1) is 0 Å². The summed E-state index contributed by atoms with van der Waals surface area (Å²) >= 11 is 4.19. The second-order valence-electron chi connectivity index (χ2n) is 6.15. The van der Waals surface area contributed by atoms with Crippen molar-refractivity contribution in [2.45, 2.75) is 50.6 Å². The number of amides is 3. The first-order valence-electron chi connectivity index (χ1n) is 8.66. The molecule has 0 aromatic heterocycles. The Morgan fingerprint density at radius 1 is 1.20 bits per heavy atom. The van der Waals surface area contributed by atoms with Gasteiger partial charge in [0.25, 0.3) is 0 Å². The van der Waals surface area contributed by atoms with E-state index in [-0.39, 0.29) is 17.7 Å². The van der Waals surface area contributed by atoms with Crippen LogP contribution in [0.5, 0.6) is 0 Å². The second-order valence-corrected chi connectivity index (χ2v) is 6.60. The maximum Gasteiger partial charge on any atom is 0.246 e. The Morgan fingerprint density at radius 3 is 2.60 bits per heavy atom. The molecular formula is C18H25N3O3S. The van der Waals surface area contributed by atoms with E-state index >= 15 is 0 Å². The van der Waals surface area contributed by atoms with E-state index in [9.17, 15) is 14.4 Å². The quantitative estimate of drug-likeness (QED) is 0.399. The summed E-state index contributed by atoms with van der Waals surface area (Å²) in [5, 5.41) is 8.25. The van der Waals surface area contributed by atoms with Gasteiger partial charge in [0.05, 0.1) is 0 Å². The number of carbonyl (C=O) groups is 3. The molecule has 2 rings (SSSR count). The molecule has 3 N–H and O–H groups in total. The van der Waals surface area contributed by atoms with Crippen LogP contribution in [0.25, 0.3) is 0 Å². The third kappa shape index (κ3) is 6.42. The summed E-state index contributed by atoms with van der Waals surface area (Å²) in [6.45, 7) is 0. The zero-order valence-electron chi connectivity index (χ0n) is 14.2. The van der Waals surface area contributed by atoms with E-state index < -0.39 is 12.1 Å². The lowest BCUT2D eigenvalue weighted by molar-refractivity contribution is -0.128. The van der Waals surface area contributed by atoms with Gasteiger partial charge in [0.1, 0.15) is 12.1 Å². The molecule has 1 saturated heterocycles. The largest absolute Gasteiger partial charge is 0.344 e. The van der Waals surface area contributed by atoms with Gasteiger partial charge in [-0.05, 0) is 37.1 Å². The molecule has 136 valence electrons. The first-order chi connectivity index (χ1) is 12.1. The Labute approximate surface area is 153 Å². The Bertz CT molecular complexity index is 594. The zero-order chi connectivity index (χ0) is 18.1. The molecule has 0 saturated carbocycles. The Kier molecular flexibility index (Phi) is 7.78. The third-order valence-electron chi connectivity index (χ3n) is 4.14. The van der Waals surface area contributed by atoms with E-state index in [1.165, 1.54) is 0 Å². The van der Waals surface area contributed by atoms with E-state index in [2.05, 4.69) is 28.6 Å². The van der Waals surface area contributed by atoms with Crippen molar-refractivity contribution in [2.24, 2.45) is 0 Å². The fraction of sp³-hybridized carbons (Fsp3) is 0.500. The van der Waals surface area contributed by atoms with Gasteiger partial charge >= 0.3 is 0 Å². The molecule has 1 aromatic carbocycles. The Balaban J connectivity index is 1.94. The number of para-hydroxylation sites is 1. The molecule has 3 amide bonds. The number of benzene rings is 1. The number of unbranched alkanes of at least 4 members (excludes halogenated alkanes) is 2. The topological polar surface area (TPSA) is 87.3 Å². The first-order valence-corrected chi connectivity index (χ1v) is 9.30. The molecule has 1 aliphatic heterocycles. The van der Waals surface area contributed by atoms with Crippen molar-refractivity contribution in [3.05, 3.63) is 30.3 Å². The molecule has 1 aliphatic rings. The van der Waals surface area contributed by atoms with Crippen LogP contribution < -0.4 is 16.0 Å². The number of thiol groups is 1. The van der Waals surface area contributed by atoms with Gasteiger partial charge in [-0.25, -0.2) is 0 Å². The van der Waals surface area contributed by atoms with Crippen LogP contribution in [-0.4, -0.2) is 35.6 Å². The molecule has 1 aromatic rings. The molecule has 1 fully saturated rings. The van der Waals surface area contributed by atoms with Crippen molar-refractivity contribution in [3.8, 4) is 0 Å². The second kappa shape index (κ2) is 10.1. The molecule has 25 heavy (non-hydrogen) atoms. The summed E-state index contributed by atoms with van der Waals surface area (Å²) in [4.78, 5) is 36.2. The highest BCUT2D eigenvalue weighted by Crippen LogP contribution is 2.12. The number of anilines is 1. The summed E-state index contributed by atoms with van der Waals surface area (Å²) < 4.78 is 0. The predicted octanol–water partition coefficient (Wildman–Crippen LogP) is 1.88. The molecule has 6 nitrogen and oxygen atoms in total. The van der Waals surface area contributed by atoms with Gasteiger partial charge in [-0.2, -0.15) is 12.6 Å². The predicted molar refractivity (Wildman–Crippen MR) is 100 cm³/mol. The minimum atomic E-state index is -0.620. The molecule has 0 bridgehead atoms. The summed E-state index contributed by atoms with van der Waals surface area (Å²) in [5.74, 6) is 0.142. The smallest absolute Gasteiger partial charge is 0.246 e. The lowest BCUT2D eigenvalue weighted by Crippen LogP contribution is -2.50. The normalized spacial score (nSPS) is 17.6. The van der Waals surface area contributed by atoms with Crippen LogP contribution in [0, 0.1) is 0 Å². The molecule has 7 heteroatoms. The van der Waals surface area contributed by atoms with Crippen LogP contribution in [0.15, 0.2) is 30.3 Å². The summed E-state index contributed by atoms with van der Waals surface area (Å²) in [6.07, 6.45) is 4.12. The van der Waals surface area contributed by atoms with Crippen LogP contribution in [0.3, 0.4) is 0 Å². The summed E-state index contributed by atoms with van der Waals surface area (Å²) in [5.41, 5.74) is 0.691. The van der Waals surface area contributed by atoms with Gasteiger partial charge in [0.15, 0.2) is 0 Å². The number of nitrogens with one attached hydrogen (secondary N) is 3. The number of carbonyl (C=O) groups excluding carboxylic acids is 3. The maximum absolute atomic E-state index is 12.6. The Morgan fingerprint density at radius 2 is 1.96 bits per heavy atom. The number of hydrogen-bond donors (Lipinski definition) is 4. The van der Waals surface area contributed by atoms with Crippen molar-refractivity contribution in [3.63, 3.8) is 0 Å². The van der Waals surface area contributed by atoms with Crippen LogP contribution in [0.1, 0.15) is 38.5 Å². The minimum Gasteiger partial charge on any atom is -0.344 e. The summed E-state index contributed by atoms with van der Waals surface area (Å²) in [7, 11) is 0. The highest BCUT2D eigenvalue weighted by molar-refractivity contribution is 7.80. The van der Waals surface area contributed by atoms with Gasteiger partial charge in [0.2, 0.25) is 17.7 Å². The standard InChI is InChI=1S/C18H25N3O3S/c22-16-11-10-15(20-16)18(24)21-14(9-5-2-6-12-25)17(23)19-13-7-3-1-4-8-13/h1,3-4,7-8,14-15,25H,2,5-6,9-12H2,(H,19,23)(H,20,22)(H,21,24)/t14-,15?/m0/s1. The van der Waals surface area contributed by atoms with Crippen LogP contribution in [0.2, 0.25) is 0 Å². The molecule has 1 heterocycles. The highest BCUT2D eigenvalue weighted by Gasteiger charge is 2.30. The molecule has 0 aliphatic carbocycles. The van der Waals surface area contributed by atoms with E-state index in [1.54, 1.807) is 12.1 Å². The lowest BCUT2D eigenvalue weighted by Gasteiger charge is -2.20. The van der Waals surface area contributed by atoms with E-state index in [1.807, 2.05) is 18.2 Å². The lowest BCUT2D eigenvalue weighted by atomic mass is 10.1. The SMILES string of the molecule is O=C1CCC(C(=O)N[C@@H](CCCCCS)C(=O)Nc2ccccc2)N1. The monoisotopic (exact) mass is 363 g/mol. The van der Waals surface area contributed by atoms with Crippen molar-refractivity contribution in [1.29, 1.82) is 0 Å². The van der Waals surface area contributed by atoms with E-state index in [0.717, 1.165) is 25.0 Å². The molecule has 0 spiro atoms. The molecule has 2 atom stereocenters. The highest BCUT2D eigenvalue weighted by atomic mass is 32.1. The van der Waals surface area contributed by atoms with Crippen LogP contribution in [-0.2, 0) is 14.4 Å². The zero-order valence-corrected chi connectivity index (χ0v) is 15.1. The average Bonchev–Trinajstić information content (AvgIpc) is 3.05. The van der Waals surface area contributed by atoms with E-state index in [0.29, 0.717) is 24.9 Å². The number of hydrogen-bond acceptors (Lipinski definition) is 4. The molecule has 1 unspecified atom stereocenters. The first kappa shape index (κ1) is 19.3. The Hall–Kier alpha value is -2.02. The maximum atomic E-state index is 12.6. The fourth-order valence-electron chi connectivity index (χ4n) is 2.74. The fourth-order valence-corrected chi connectivity index (χ4v) is 2.96. The van der Waals surface area contributed by atoms with Crippen molar-refractivity contribution in [2.75, 3.05) is 11.1 Å². The van der Waals surface area contributed by atoms with Crippen molar-refractivity contribution < 1.29 is 14.4 Å². The van der Waals surface area contributed by atoms with Crippen LogP contribution in [0.4, 0.5) is 5.69 Å². The number of rotatable bonds is 9. The summed E-state index contributed by atoms with van der Waals surface area (Å²) in [6, 6.07) is 7.98. The van der Waals surface area contributed by atoms with Gasteiger partial charge in [-0.3, -0.25) is 14.4 Å². The van der Waals surface area contributed by atoms with Gasteiger partial charge in [0, 0.05) is 12.1 Å². The average molecular weight is 363 g/mol. The third-order valence-corrected chi connectivity index (χ3v) is 4.45. The van der Waals surface area contributed by atoms with Gasteiger partial charge in [-0.1, -0.05) is 31.0 Å². The van der Waals surface area contributed by atoms with E-state index in [4.69, 9.17) is 0 Å². The minimum absolute atomic E-state index is 0.126. The van der Waals surface area contributed by atoms with Gasteiger partial charge < -0.3 is 16.0 Å². The van der Waals surface area contributed by atoms with Crippen molar-refractivity contribution in [1.82, 2.24) is 10.6 Å². The van der Waals surface area contributed by atoms with Crippen molar-refractivity contribution >= 4 is 36.0 Å².